The minimum absolute atomic E-state index is 0.0451. The molecule has 2 heterocycles. The number of hydrogen-bond donors (Lipinski definition) is 3. The number of rotatable bonds is 3. The fourth-order valence-electron chi connectivity index (χ4n) is 4.34. The lowest BCUT2D eigenvalue weighted by Crippen LogP contribution is -2.66. The molecule has 2 amide bonds. The third-order valence-electron chi connectivity index (χ3n) is 5.30. The van der Waals surface area contributed by atoms with Gasteiger partial charge in [-0.1, -0.05) is 12.8 Å². The molecule has 118 valence electrons. The molecule has 3 rings (SSSR count). The number of amides is 2. The fraction of sp³-hybridized carbons (Fsp3) is 0.867. The van der Waals surface area contributed by atoms with Crippen LogP contribution in [0.5, 0.6) is 0 Å². The predicted molar refractivity (Wildman–Crippen MR) is 78.0 cm³/mol. The first-order valence-corrected chi connectivity index (χ1v) is 8.18. The Morgan fingerprint density at radius 1 is 1.19 bits per heavy atom. The van der Waals surface area contributed by atoms with Gasteiger partial charge in [-0.05, 0) is 38.8 Å². The Labute approximate surface area is 125 Å². The van der Waals surface area contributed by atoms with Crippen LogP contribution >= 0.6 is 0 Å². The van der Waals surface area contributed by atoms with E-state index in [0.29, 0.717) is 5.92 Å². The van der Waals surface area contributed by atoms with Crippen molar-refractivity contribution >= 4 is 12.0 Å². The van der Waals surface area contributed by atoms with Gasteiger partial charge in [-0.25, -0.2) is 4.79 Å². The van der Waals surface area contributed by atoms with Crippen molar-refractivity contribution in [3.8, 4) is 0 Å². The number of nitrogens with one attached hydrogen (secondary N) is 2. The van der Waals surface area contributed by atoms with Gasteiger partial charge in [0.25, 0.3) is 0 Å². The zero-order valence-corrected chi connectivity index (χ0v) is 12.4. The third kappa shape index (κ3) is 3.00. The van der Waals surface area contributed by atoms with Crippen molar-refractivity contribution in [1.82, 2.24) is 15.5 Å². The molecule has 6 heteroatoms. The van der Waals surface area contributed by atoms with Gasteiger partial charge in [-0.2, -0.15) is 0 Å². The smallest absolute Gasteiger partial charge is 0.318 e. The van der Waals surface area contributed by atoms with Crippen molar-refractivity contribution in [2.75, 3.05) is 13.1 Å². The Hall–Kier alpha value is -1.30. The van der Waals surface area contributed by atoms with Crippen LogP contribution in [-0.2, 0) is 4.79 Å². The maximum absolute atomic E-state index is 12.5. The Kier molecular flexibility index (Phi) is 4.33. The number of carbonyl (C=O) groups excluding carboxylic acids is 1. The van der Waals surface area contributed by atoms with Crippen molar-refractivity contribution in [3.05, 3.63) is 0 Å². The second-order valence-corrected chi connectivity index (χ2v) is 6.56. The molecular weight excluding hydrogens is 270 g/mol. The van der Waals surface area contributed by atoms with Crippen molar-refractivity contribution in [1.29, 1.82) is 0 Å². The van der Waals surface area contributed by atoms with Crippen LogP contribution in [0.2, 0.25) is 0 Å². The Morgan fingerprint density at radius 2 is 1.90 bits per heavy atom. The molecule has 0 spiro atoms. The van der Waals surface area contributed by atoms with E-state index >= 15 is 0 Å². The molecule has 3 atom stereocenters. The van der Waals surface area contributed by atoms with Gasteiger partial charge in [0.05, 0.1) is 6.42 Å². The van der Waals surface area contributed by atoms with Gasteiger partial charge in [0, 0.05) is 24.0 Å². The number of carboxylic acid groups (broad SMARTS) is 1. The van der Waals surface area contributed by atoms with Crippen LogP contribution in [0.25, 0.3) is 0 Å². The van der Waals surface area contributed by atoms with E-state index in [1.54, 1.807) is 0 Å². The van der Waals surface area contributed by atoms with Gasteiger partial charge in [0.2, 0.25) is 0 Å². The second kappa shape index (κ2) is 6.22. The third-order valence-corrected chi connectivity index (χ3v) is 5.30. The monoisotopic (exact) mass is 295 g/mol. The van der Waals surface area contributed by atoms with E-state index in [2.05, 4.69) is 10.6 Å². The van der Waals surface area contributed by atoms with Crippen LogP contribution in [0.3, 0.4) is 0 Å². The standard InChI is InChI=1S/C15H25N3O3/c19-14(20)9-13-11-3-1-2-4-12(11)17-15(21)18(13)10-5-7-16-8-6-10/h10-13,16H,1-9H2,(H,17,21)(H,19,20). The van der Waals surface area contributed by atoms with Crippen molar-refractivity contribution in [2.24, 2.45) is 5.92 Å². The highest BCUT2D eigenvalue weighted by Crippen LogP contribution is 2.36. The Bertz CT molecular complexity index is 409. The first-order chi connectivity index (χ1) is 10.2. The molecule has 6 nitrogen and oxygen atoms in total. The van der Waals surface area contributed by atoms with Gasteiger partial charge in [-0.15, -0.1) is 0 Å². The molecule has 1 saturated carbocycles. The maximum Gasteiger partial charge on any atom is 0.318 e. The number of nitrogens with zero attached hydrogens (tertiary/aromatic N) is 1. The summed E-state index contributed by atoms with van der Waals surface area (Å²) < 4.78 is 0. The molecule has 0 aromatic rings. The SMILES string of the molecule is O=C(O)CC1C2CCCCC2NC(=O)N1C1CCNCC1. The van der Waals surface area contributed by atoms with E-state index in [0.717, 1.165) is 51.6 Å². The lowest BCUT2D eigenvalue weighted by Gasteiger charge is -2.51. The number of piperidine rings is 1. The van der Waals surface area contributed by atoms with Crippen molar-refractivity contribution in [2.45, 2.75) is 63.1 Å². The molecule has 0 bridgehead atoms. The summed E-state index contributed by atoms with van der Waals surface area (Å²) in [6.45, 7) is 1.81. The molecule has 0 aromatic heterocycles. The molecule has 2 aliphatic heterocycles. The normalized spacial score (nSPS) is 34.2. The quantitative estimate of drug-likeness (QED) is 0.730. The summed E-state index contributed by atoms with van der Waals surface area (Å²) in [6.07, 6.45) is 6.22. The Balaban J connectivity index is 1.83. The van der Waals surface area contributed by atoms with Gasteiger partial charge in [-0.3, -0.25) is 4.79 Å². The highest BCUT2D eigenvalue weighted by atomic mass is 16.4. The van der Waals surface area contributed by atoms with E-state index < -0.39 is 5.97 Å². The predicted octanol–water partition coefficient (Wildman–Crippen LogP) is 1.17. The summed E-state index contributed by atoms with van der Waals surface area (Å²) in [5.74, 6) is -0.500. The van der Waals surface area contributed by atoms with Crippen LogP contribution in [0.1, 0.15) is 44.9 Å². The number of hydrogen-bond acceptors (Lipinski definition) is 3. The molecule has 2 saturated heterocycles. The highest BCUT2D eigenvalue weighted by Gasteiger charge is 2.45. The first-order valence-electron chi connectivity index (χ1n) is 8.18. The zero-order chi connectivity index (χ0) is 14.8. The molecule has 3 unspecified atom stereocenters. The van der Waals surface area contributed by atoms with Gasteiger partial charge >= 0.3 is 12.0 Å². The molecule has 1 aliphatic carbocycles. The Morgan fingerprint density at radius 3 is 2.62 bits per heavy atom. The van der Waals surface area contributed by atoms with E-state index in [-0.39, 0.29) is 30.6 Å². The highest BCUT2D eigenvalue weighted by molar-refractivity contribution is 5.78. The average Bonchev–Trinajstić information content (AvgIpc) is 2.47. The van der Waals surface area contributed by atoms with Gasteiger partial charge in [0.1, 0.15) is 0 Å². The number of carboxylic acids is 1. The van der Waals surface area contributed by atoms with E-state index in [9.17, 15) is 14.7 Å². The summed E-state index contributed by atoms with van der Waals surface area (Å²) in [4.78, 5) is 25.7. The number of fused-ring (bicyclic) bond motifs is 1. The largest absolute Gasteiger partial charge is 0.481 e. The molecular formula is C15H25N3O3. The molecule has 3 N–H and O–H groups in total. The van der Waals surface area contributed by atoms with Gasteiger partial charge < -0.3 is 20.6 Å². The van der Waals surface area contributed by atoms with E-state index in [4.69, 9.17) is 0 Å². The number of aliphatic carboxylic acids is 1. The summed E-state index contributed by atoms with van der Waals surface area (Å²) in [7, 11) is 0. The first kappa shape index (κ1) is 14.6. The molecule has 3 aliphatic rings. The van der Waals surface area contributed by atoms with Crippen molar-refractivity contribution < 1.29 is 14.7 Å². The lowest BCUT2D eigenvalue weighted by atomic mass is 9.76. The fourth-order valence-corrected chi connectivity index (χ4v) is 4.34. The van der Waals surface area contributed by atoms with Crippen LogP contribution in [-0.4, -0.2) is 53.2 Å². The minimum atomic E-state index is -0.794. The number of carbonyl (C=O) groups is 2. The average molecular weight is 295 g/mol. The van der Waals surface area contributed by atoms with Crippen LogP contribution in [0, 0.1) is 5.92 Å². The van der Waals surface area contributed by atoms with E-state index in [1.165, 1.54) is 0 Å². The van der Waals surface area contributed by atoms with Crippen molar-refractivity contribution in [3.63, 3.8) is 0 Å². The molecule has 3 fully saturated rings. The maximum atomic E-state index is 12.5. The van der Waals surface area contributed by atoms with Crippen LogP contribution < -0.4 is 10.6 Å². The van der Waals surface area contributed by atoms with Crippen LogP contribution in [0.4, 0.5) is 4.79 Å². The number of urea groups is 1. The minimum Gasteiger partial charge on any atom is -0.481 e. The summed E-state index contributed by atoms with van der Waals surface area (Å²) in [6, 6.07) is 0.174. The molecule has 0 radical (unpaired) electrons. The summed E-state index contributed by atoms with van der Waals surface area (Å²) >= 11 is 0. The van der Waals surface area contributed by atoms with Gasteiger partial charge in [0.15, 0.2) is 0 Å². The topological polar surface area (TPSA) is 81.7 Å². The lowest BCUT2D eigenvalue weighted by molar-refractivity contribution is -0.139. The summed E-state index contributed by atoms with van der Waals surface area (Å²) in [5.41, 5.74) is 0. The van der Waals surface area contributed by atoms with E-state index in [1.807, 2.05) is 4.90 Å². The molecule has 0 aromatic carbocycles. The second-order valence-electron chi connectivity index (χ2n) is 6.56. The molecule has 21 heavy (non-hydrogen) atoms. The summed E-state index contributed by atoms with van der Waals surface area (Å²) in [5, 5.41) is 15.7. The zero-order valence-electron chi connectivity index (χ0n) is 12.4. The van der Waals surface area contributed by atoms with Crippen LogP contribution in [0.15, 0.2) is 0 Å².